The van der Waals surface area contributed by atoms with Gasteiger partial charge >= 0.3 is 0 Å². The van der Waals surface area contributed by atoms with Gasteiger partial charge < -0.3 is 20.3 Å². The number of hydrogen-bond donors (Lipinski definition) is 2. The summed E-state index contributed by atoms with van der Waals surface area (Å²) in [5.41, 5.74) is 3.37. The average molecular weight is 436 g/mol. The third-order valence-corrected chi connectivity index (χ3v) is 6.58. The fourth-order valence-electron chi connectivity index (χ4n) is 5.07. The molecule has 5 heterocycles. The topological polar surface area (TPSA) is 79.6 Å². The van der Waals surface area contributed by atoms with Crippen LogP contribution in [0.15, 0.2) is 36.8 Å². The second kappa shape index (κ2) is 9.03. The molecule has 0 spiro atoms. The van der Waals surface area contributed by atoms with E-state index in [4.69, 9.17) is 9.72 Å². The van der Waals surface area contributed by atoms with Crippen molar-refractivity contribution in [1.29, 1.82) is 0 Å². The monoisotopic (exact) mass is 435 g/mol. The summed E-state index contributed by atoms with van der Waals surface area (Å²) in [7, 11) is 0. The first-order chi connectivity index (χ1) is 15.6. The summed E-state index contributed by atoms with van der Waals surface area (Å²) < 4.78 is 7.50. The molecule has 0 saturated carbocycles. The SMILES string of the molecule is C[C@@H]1CN(c2cccc([C@H](C)Nc3ncnn4ccc(C5CCOCC5)c34)n2)C[C@H](C)N1. The van der Waals surface area contributed by atoms with Crippen molar-refractivity contribution in [2.75, 3.05) is 36.5 Å². The van der Waals surface area contributed by atoms with Crippen molar-refractivity contribution in [3.8, 4) is 0 Å². The van der Waals surface area contributed by atoms with E-state index in [1.54, 1.807) is 6.33 Å². The number of anilines is 2. The van der Waals surface area contributed by atoms with E-state index in [-0.39, 0.29) is 6.04 Å². The van der Waals surface area contributed by atoms with Crippen LogP contribution in [0.3, 0.4) is 0 Å². The Kier molecular flexibility index (Phi) is 5.97. The van der Waals surface area contributed by atoms with E-state index in [9.17, 15) is 0 Å². The Morgan fingerprint density at radius 3 is 2.69 bits per heavy atom. The second-order valence-corrected chi connectivity index (χ2v) is 9.22. The molecular formula is C24H33N7O. The zero-order chi connectivity index (χ0) is 22.1. The third kappa shape index (κ3) is 4.29. The molecule has 0 amide bonds. The molecule has 3 aromatic rings. The zero-order valence-electron chi connectivity index (χ0n) is 19.2. The van der Waals surface area contributed by atoms with Crippen LogP contribution in [0, 0.1) is 0 Å². The maximum atomic E-state index is 5.57. The zero-order valence-corrected chi connectivity index (χ0v) is 19.2. The number of hydrogen-bond acceptors (Lipinski definition) is 7. The van der Waals surface area contributed by atoms with Gasteiger partial charge in [-0.15, -0.1) is 0 Å². The molecule has 2 fully saturated rings. The molecule has 0 aromatic carbocycles. The first kappa shape index (κ1) is 21.2. The van der Waals surface area contributed by atoms with Crippen LogP contribution in [0.5, 0.6) is 0 Å². The number of nitrogens with zero attached hydrogens (tertiary/aromatic N) is 5. The van der Waals surface area contributed by atoms with Crippen molar-refractivity contribution in [1.82, 2.24) is 24.9 Å². The molecule has 8 heteroatoms. The summed E-state index contributed by atoms with van der Waals surface area (Å²) in [4.78, 5) is 12.0. The Bertz CT molecular complexity index is 1050. The van der Waals surface area contributed by atoms with Crippen LogP contribution in [-0.4, -0.2) is 58.0 Å². The lowest BCUT2D eigenvalue weighted by atomic mass is 9.92. The van der Waals surface area contributed by atoms with Crippen molar-refractivity contribution in [3.05, 3.63) is 48.0 Å². The smallest absolute Gasteiger partial charge is 0.154 e. The third-order valence-electron chi connectivity index (χ3n) is 6.58. The molecule has 0 unspecified atom stereocenters. The van der Waals surface area contributed by atoms with Crippen molar-refractivity contribution in [2.45, 2.75) is 57.7 Å². The van der Waals surface area contributed by atoms with E-state index in [0.717, 1.165) is 62.0 Å². The van der Waals surface area contributed by atoms with Crippen molar-refractivity contribution >= 4 is 17.2 Å². The highest BCUT2D eigenvalue weighted by atomic mass is 16.5. The molecular weight excluding hydrogens is 402 g/mol. The van der Waals surface area contributed by atoms with Gasteiger partial charge in [0, 0.05) is 44.6 Å². The Morgan fingerprint density at radius 1 is 1.12 bits per heavy atom. The average Bonchev–Trinajstić information content (AvgIpc) is 3.24. The van der Waals surface area contributed by atoms with Crippen LogP contribution in [-0.2, 0) is 4.74 Å². The minimum atomic E-state index is 0.0175. The molecule has 0 bridgehead atoms. The summed E-state index contributed by atoms with van der Waals surface area (Å²) in [6.07, 6.45) is 5.72. The van der Waals surface area contributed by atoms with Crippen LogP contribution in [0.4, 0.5) is 11.6 Å². The molecule has 0 aliphatic carbocycles. The highest BCUT2D eigenvalue weighted by molar-refractivity contribution is 5.73. The van der Waals surface area contributed by atoms with Gasteiger partial charge in [-0.2, -0.15) is 5.10 Å². The molecule has 2 N–H and O–H groups in total. The molecule has 2 saturated heterocycles. The van der Waals surface area contributed by atoms with E-state index < -0.39 is 0 Å². The Balaban J connectivity index is 1.39. The summed E-state index contributed by atoms with van der Waals surface area (Å²) >= 11 is 0. The van der Waals surface area contributed by atoms with Gasteiger partial charge in [-0.1, -0.05) is 6.07 Å². The standard InChI is InChI=1S/C24H33N7O/c1-16-13-30(14-17(2)27-16)22-6-4-5-21(29-22)18(3)28-24-23-20(19-8-11-32-12-9-19)7-10-31(23)26-15-25-24/h4-7,10,15-19,27H,8-9,11-14H2,1-3H3,(H,25,26,28)/t16-,17+,18-/m0/s1. The summed E-state index contributed by atoms with van der Waals surface area (Å²) in [6.45, 7) is 10.2. The molecule has 0 radical (unpaired) electrons. The molecule has 5 rings (SSSR count). The van der Waals surface area contributed by atoms with Crippen LogP contribution in [0.25, 0.3) is 5.52 Å². The van der Waals surface area contributed by atoms with Crippen LogP contribution in [0.1, 0.15) is 56.8 Å². The van der Waals surface area contributed by atoms with Crippen molar-refractivity contribution in [2.24, 2.45) is 0 Å². The number of nitrogens with one attached hydrogen (secondary N) is 2. The first-order valence-electron chi connectivity index (χ1n) is 11.7. The number of rotatable bonds is 5. The lowest BCUT2D eigenvalue weighted by Gasteiger charge is -2.37. The van der Waals surface area contributed by atoms with Gasteiger partial charge in [-0.25, -0.2) is 14.5 Å². The van der Waals surface area contributed by atoms with E-state index in [2.05, 4.69) is 70.7 Å². The minimum Gasteiger partial charge on any atom is -0.381 e. The molecule has 3 atom stereocenters. The van der Waals surface area contributed by atoms with Crippen molar-refractivity contribution < 1.29 is 4.74 Å². The number of pyridine rings is 1. The normalized spacial score (nSPS) is 23.4. The van der Waals surface area contributed by atoms with Crippen LogP contribution >= 0.6 is 0 Å². The first-order valence-corrected chi connectivity index (χ1v) is 11.7. The fraction of sp³-hybridized carbons (Fsp3) is 0.542. The van der Waals surface area contributed by atoms with E-state index in [1.165, 1.54) is 5.56 Å². The molecule has 170 valence electrons. The van der Waals surface area contributed by atoms with Gasteiger partial charge in [0.15, 0.2) is 5.82 Å². The number of piperazine rings is 1. The summed E-state index contributed by atoms with van der Waals surface area (Å²) in [6, 6.07) is 9.41. The van der Waals surface area contributed by atoms with Gasteiger partial charge in [0.05, 0.1) is 11.7 Å². The summed E-state index contributed by atoms with van der Waals surface area (Å²) in [5.74, 6) is 2.37. The van der Waals surface area contributed by atoms with E-state index in [0.29, 0.717) is 18.0 Å². The van der Waals surface area contributed by atoms with Crippen LogP contribution in [0.2, 0.25) is 0 Å². The maximum Gasteiger partial charge on any atom is 0.154 e. The maximum absolute atomic E-state index is 5.57. The highest BCUT2D eigenvalue weighted by Gasteiger charge is 2.24. The molecule has 2 aliphatic heterocycles. The molecule has 8 nitrogen and oxygen atoms in total. The molecule has 2 aliphatic rings. The Morgan fingerprint density at radius 2 is 1.91 bits per heavy atom. The Hall–Kier alpha value is -2.71. The second-order valence-electron chi connectivity index (χ2n) is 9.22. The van der Waals surface area contributed by atoms with E-state index >= 15 is 0 Å². The fourth-order valence-corrected chi connectivity index (χ4v) is 5.07. The summed E-state index contributed by atoms with van der Waals surface area (Å²) in [5, 5.41) is 11.6. The predicted molar refractivity (Wildman–Crippen MR) is 126 cm³/mol. The molecule has 32 heavy (non-hydrogen) atoms. The Labute approximate surface area is 189 Å². The quantitative estimate of drug-likeness (QED) is 0.636. The van der Waals surface area contributed by atoms with Gasteiger partial charge in [-0.3, -0.25) is 0 Å². The van der Waals surface area contributed by atoms with Gasteiger partial charge in [-0.05, 0) is 63.3 Å². The lowest BCUT2D eigenvalue weighted by molar-refractivity contribution is 0.0856. The van der Waals surface area contributed by atoms with E-state index in [1.807, 2.05) is 10.7 Å². The van der Waals surface area contributed by atoms with Gasteiger partial charge in [0.25, 0.3) is 0 Å². The lowest BCUT2D eigenvalue weighted by Crippen LogP contribution is -2.54. The molecule has 3 aromatic heterocycles. The van der Waals surface area contributed by atoms with Gasteiger partial charge in [0.1, 0.15) is 17.7 Å². The minimum absolute atomic E-state index is 0.0175. The highest BCUT2D eigenvalue weighted by Crippen LogP contribution is 2.34. The number of ether oxygens (including phenoxy) is 1. The number of fused-ring (bicyclic) bond motifs is 1. The largest absolute Gasteiger partial charge is 0.381 e. The number of aromatic nitrogens is 4. The predicted octanol–water partition coefficient (Wildman–Crippen LogP) is 3.38. The van der Waals surface area contributed by atoms with Gasteiger partial charge in [0.2, 0.25) is 0 Å². The van der Waals surface area contributed by atoms with Crippen molar-refractivity contribution in [3.63, 3.8) is 0 Å². The van der Waals surface area contributed by atoms with Crippen LogP contribution < -0.4 is 15.5 Å².